The Kier molecular flexibility index (Phi) is 5.91. The first-order valence-corrected chi connectivity index (χ1v) is 8.33. The van der Waals surface area contributed by atoms with E-state index in [-0.39, 0.29) is 11.6 Å². The predicted octanol–water partition coefficient (Wildman–Crippen LogP) is 4.37. The summed E-state index contributed by atoms with van der Waals surface area (Å²) in [5, 5.41) is 2.86. The first kappa shape index (κ1) is 18.6. The molecule has 1 aromatic carbocycles. The molecule has 0 aliphatic carbocycles. The number of methoxy groups -OCH3 is 1. The van der Waals surface area contributed by atoms with Crippen molar-refractivity contribution in [2.45, 2.75) is 39.5 Å². The molecule has 0 saturated carbocycles. The molecule has 1 N–H and O–H groups in total. The van der Waals surface area contributed by atoms with E-state index in [1.807, 2.05) is 12.1 Å². The lowest BCUT2D eigenvalue weighted by molar-refractivity contribution is 0.0600. The van der Waals surface area contributed by atoms with Crippen LogP contribution >= 0.6 is 0 Å². The van der Waals surface area contributed by atoms with Gasteiger partial charge in [0, 0.05) is 11.9 Å². The molecule has 0 aliphatic rings. The summed E-state index contributed by atoms with van der Waals surface area (Å²) in [7, 11) is 1.30. The monoisotopic (exact) mass is 340 g/mol. The number of hydrogen-bond donors (Lipinski definition) is 1. The number of amides is 1. The van der Waals surface area contributed by atoms with Crippen molar-refractivity contribution < 1.29 is 14.3 Å². The van der Waals surface area contributed by atoms with Crippen molar-refractivity contribution >= 4 is 17.6 Å². The zero-order chi connectivity index (χ0) is 18.6. The Morgan fingerprint density at radius 2 is 1.68 bits per heavy atom. The number of pyridine rings is 1. The van der Waals surface area contributed by atoms with Gasteiger partial charge in [0.1, 0.15) is 5.69 Å². The van der Waals surface area contributed by atoms with Crippen LogP contribution in [0.15, 0.2) is 36.5 Å². The van der Waals surface area contributed by atoms with Crippen LogP contribution in [0.1, 0.15) is 71.5 Å². The first-order chi connectivity index (χ1) is 11.8. The molecule has 0 bridgehead atoms. The zero-order valence-corrected chi connectivity index (χ0v) is 15.3. The lowest BCUT2D eigenvalue weighted by atomic mass is 9.90. The SMILES string of the molecule is COC(=O)c1ccc(C(=O)Nc2ccc(C(C)C)c(C(C)C)c2)nc1. The van der Waals surface area contributed by atoms with Gasteiger partial charge in [-0.3, -0.25) is 9.78 Å². The molecule has 0 unspecified atom stereocenters. The van der Waals surface area contributed by atoms with Crippen molar-refractivity contribution in [3.63, 3.8) is 0 Å². The highest BCUT2D eigenvalue weighted by Crippen LogP contribution is 2.28. The van der Waals surface area contributed by atoms with Gasteiger partial charge in [-0.15, -0.1) is 0 Å². The van der Waals surface area contributed by atoms with Crippen LogP contribution in [0.2, 0.25) is 0 Å². The molecule has 0 spiro atoms. The standard InChI is InChI=1S/C20H24N2O3/c1-12(2)16-8-7-15(10-17(16)13(3)4)22-19(23)18-9-6-14(11-21-18)20(24)25-5/h6-13H,1-5H3,(H,22,23). The van der Waals surface area contributed by atoms with Gasteiger partial charge >= 0.3 is 5.97 Å². The Morgan fingerprint density at radius 3 is 2.20 bits per heavy atom. The van der Waals surface area contributed by atoms with Crippen molar-refractivity contribution in [1.29, 1.82) is 0 Å². The largest absolute Gasteiger partial charge is 0.465 e. The Hall–Kier alpha value is -2.69. The highest BCUT2D eigenvalue weighted by molar-refractivity contribution is 6.03. The molecule has 2 rings (SSSR count). The van der Waals surface area contributed by atoms with Gasteiger partial charge in [0.2, 0.25) is 0 Å². The third-order valence-corrected chi connectivity index (χ3v) is 4.01. The van der Waals surface area contributed by atoms with Gasteiger partial charge in [-0.05, 0) is 47.2 Å². The summed E-state index contributed by atoms with van der Waals surface area (Å²) in [6, 6.07) is 9.01. The number of ether oxygens (including phenoxy) is 1. The second-order valence-electron chi connectivity index (χ2n) is 6.53. The lowest BCUT2D eigenvalue weighted by Gasteiger charge is -2.17. The number of aromatic nitrogens is 1. The molecule has 5 nitrogen and oxygen atoms in total. The minimum absolute atomic E-state index is 0.242. The molecule has 1 heterocycles. The van der Waals surface area contributed by atoms with Gasteiger partial charge in [-0.25, -0.2) is 4.79 Å². The van der Waals surface area contributed by atoms with Gasteiger partial charge in [0.15, 0.2) is 0 Å². The van der Waals surface area contributed by atoms with E-state index in [0.717, 1.165) is 5.69 Å². The van der Waals surface area contributed by atoms with E-state index in [1.54, 1.807) is 0 Å². The van der Waals surface area contributed by atoms with Crippen molar-refractivity contribution in [3.05, 3.63) is 58.9 Å². The van der Waals surface area contributed by atoms with Crippen LogP contribution in [-0.2, 0) is 4.74 Å². The van der Waals surface area contributed by atoms with Crippen LogP contribution in [0.3, 0.4) is 0 Å². The quantitative estimate of drug-likeness (QED) is 0.821. The number of rotatable bonds is 5. The van der Waals surface area contributed by atoms with Crippen LogP contribution in [0.4, 0.5) is 5.69 Å². The summed E-state index contributed by atoms with van der Waals surface area (Å²) >= 11 is 0. The maximum absolute atomic E-state index is 12.4. The van der Waals surface area contributed by atoms with Gasteiger partial charge in [0.25, 0.3) is 5.91 Å². The summed E-state index contributed by atoms with van der Waals surface area (Å²) in [6.45, 7) is 8.60. The van der Waals surface area contributed by atoms with Crippen LogP contribution in [0.25, 0.3) is 0 Å². The third kappa shape index (κ3) is 4.44. The molecule has 2 aromatic rings. The lowest BCUT2D eigenvalue weighted by Crippen LogP contribution is -2.15. The molecule has 0 saturated heterocycles. The number of benzene rings is 1. The fourth-order valence-electron chi connectivity index (χ4n) is 2.64. The number of nitrogens with zero attached hydrogens (tertiary/aromatic N) is 1. The molecule has 5 heteroatoms. The molecule has 0 atom stereocenters. The van der Waals surface area contributed by atoms with E-state index in [4.69, 9.17) is 0 Å². The predicted molar refractivity (Wildman–Crippen MR) is 98.1 cm³/mol. The molecular formula is C20H24N2O3. The van der Waals surface area contributed by atoms with Crippen molar-refractivity contribution in [2.75, 3.05) is 12.4 Å². The van der Waals surface area contributed by atoms with Crippen LogP contribution < -0.4 is 5.32 Å². The first-order valence-electron chi connectivity index (χ1n) is 8.33. The average Bonchev–Trinajstić information content (AvgIpc) is 2.60. The fourth-order valence-corrected chi connectivity index (χ4v) is 2.64. The molecule has 0 radical (unpaired) electrons. The summed E-state index contributed by atoms with van der Waals surface area (Å²) in [4.78, 5) is 27.8. The average molecular weight is 340 g/mol. The van der Waals surface area contributed by atoms with Gasteiger partial charge in [0.05, 0.1) is 12.7 Å². The van der Waals surface area contributed by atoms with Crippen LogP contribution in [0.5, 0.6) is 0 Å². The van der Waals surface area contributed by atoms with E-state index in [9.17, 15) is 9.59 Å². The van der Waals surface area contributed by atoms with E-state index in [2.05, 4.69) is 48.8 Å². The maximum Gasteiger partial charge on any atom is 0.339 e. The number of carbonyl (C=O) groups excluding carboxylic acids is 2. The molecule has 0 fully saturated rings. The fraction of sp³-hybridized carbons (Fsp3) is 0.350. The third-order valence-electron chi connectivity index (χ3n) is 4.01. The molecule has 1 aromatic heterocycles. The number of carbonyl (C=O) groups is 2. The molecule has 1 amide bonds. The molecule has 25 heavy (non-hydrogen) atoms. The molecule has 0 aliphatic heterocycles. The van der Waals surface area contributed by atoms with E-state index in [1.165, 1.54) is 36.6 Å². The normalized spacial score (nSPS) is 10.8. The van der Waals surface area contributed by atoms with Gasteiger partial charge in [-0.2, -0.15) is 0 Å². The summed E-state index contributed by atoms with van der Waals surface area (Å²) in [5.41, 5.74) is 3.79. The summed E-state index contributed by atoms with van der Waals surface area (Å²) in [6.07, 6.45) is 1.34. The van der Waals surface area contributed by atoms with Gasteiger partial charge < -0.3 is 10.1 Å². The van der Waals surface area contributed by atoms with Gasteiger partial charge in [-0.1, -0.05) is 33.8 Å². The zero-order valence-electron chi connectivity index (χ0n) is 15.3. The summed E-state index contributed by atoms with van der Waals surface area (Å²) in [5.74, 6) is -0.00451. The number of hydrogen-bond acceptors (Lipinski definition) is 4. The minimum atomic E-state index is -0.481. The molecule has 132 valence electrons. The highest BCUT2D eigenvalue weighted by Gasteiger charge is 2.14. The smallest absolute Gasteiger partial charge is 0.339 e. The number of esters is 1. The van der Waals surface area contributed by atoms with E-state index in [0.29, 0.717) is 17.4 Å². The Labute approximate surface area is 148 Å². The highest BCUT2D eigenvalue weighted by atomic mass is 16.5. The van der Waals surface area contributed by atoms with Crippen molar-refractivity contribution in [3.8, 4) is 0 Å². The molecular weight excluding hydrogens is 316 g/mol. The topological polar surface area (TPSA) is 68.3 Å². The van der Waals surface area contributed by atoms with Crippen LogP contribution in [-0.4, -0.2) is 24.0 Å². The minimum Gasteiger partial charge on any atom is -0.465 e. The number of anilines is 1. The van der Waals surface area contributed by atoms with Crippen LogP contribution in [0, 0.1) is 0 Å². The van der Waals surface area contributed by atoms with Crippen molar-refractivity contribution in [2.24, 2.45) is 0 Å². The Bertz CT molecular complexity index is 765. The van der Waals surface area contributed by atoms with E-state index < -0.39 is 5.97 Å². The number of nitrogens with one attached hydrogen (secondary N) is 1. The second-order valence-corrected chi connectivity index (χ2v) is 6.53. The maximum atomic E-state index is 12.4. The Morgan fingerprint density at radius 1 is 1.00 bits per heavy atom. The Balaban J connectivity index is 2.20. The van der Waals surface area contributed by atoms with E-state index >= 15 is 0 Å². The summed E-state index contributed by atoms with van der Waals surface area (Å²) < 4.78 is 4.62. The second kappa shape index (κ2) is 7.92. The van der Waals surface area contributed by atoms with Crippen molar-refractivity contribution in [1.82, 2.24) is 4.98 Å².